The molecule has 1 atom stereocenters. The third-order valence-corrected chi connectivity index (χ3v) is 2.99. The van der Waals surface area contributed by atoms with Gasteiger partial charge in [-0.15, -0.1) is 0 Å². The van der Waals surface area contributed by atoms with E-state index in [9.17, 15) is 14.7 Å². The van der Waals surface area contributed by atoms with E-state index in [1.807, 2.05) is 0 Å². The van der Waals surface area contributed by atoms with E-state index in [1.165, 1.54) is 12.0 Å². The number of methoxy groups -OCH3 is 1. The van der Waals surface area contributed by atoms with Crippen LogP contribution in [0.4, 0.5) is 5.69 Å². The van der Waals surface area contributed by atoms with Gasteiger partial charge in [0, 0.05) is 12.1 Å². The van der Waals surface area contributed by atoms with Gasteiger partial charge in [0.15, 0.2) is 0 Å². The lowest BCUT2D eigenvalue weighted by molar-refractivity contribution is -0.121. The van der Waals surface area contributed by atoms with Crippen molar-refractivity contribution in [1.29, 1.82) is 0 Å². The summed E-state index contributed by atoms with van der Waals surface area (Å²) in [6.07, 6.45) is 0.373. The highest BCUT2D eigenvalue weighted by Crippen LogP contribution is 2.21. The van der Waals surface area contributed by atoms with Crippen molar-refractivity contribution in [3.8, 4) is 0 Å². The zero-order valence-electron chi connectivity index (χ0n) is 10.1. The zero-order valence-corrected chi connectivity index (χ0v) is 10.1. The third-order valence-electron chi connectivity index (χ3n) is 2.99. The van der Waals surface area contributed by atoms with Crippen molar-refractivity contribution < 1.29 is 19.4 Å². The summed E-state index contributed by atoms with van der Waals surface area (Å²) in [7, 11) is 1.32. The van der Waals surface area contributed by atoms with Gasteiger partial charge in [-0.3, -0.25) is 4.79 Å². The van der Waals surface area contributed by atoms with Gasteiger partial charge in [-0.05, 0) is 30.7 Å². The minimum atomic E-state index is -0.483. The van der Waals surface area contributed by atoms with E-state index in [4.69, 9.17) is 0 Å². The Balaban J connectivity index is 2.18. The van der Waals surface area contributed by atoms with E-state index >= 15 is 0 Å². The number of β-amino-alcohol motifs (C(OH)–C–C–N with tert-alkyl or cyclic N) is 1. The van der Waals surface area contributed by atoms with E-state index in [0.717, 1.165) is 0 Å². The van der Waals surface area contributed by atoms with Crippen molar-refractivity contribution in [3.05, 3.63) is 29.8 Å². The highest BCUT2D eigenvalue weighted by Gasteiger charge is 2.25. The summed E-state index contributed by atoms with van der Waals surface area (Å²) < 4.78 is 4.60. The van der Waals surface area contributed by atoms with Crippen LogP contribution in [0.25, 0.3) is 0 Å². The highest BCUT2D eigenvalue weighted by atomic mass is 16.5. The molecule has 0 bridgehead atoms. The van der Waals surface area contributed by atoms with Gasteiger partial charge in [0.25, 0.3) is 0 Å². The molecule has 0 saturated carbocycles. The Morgan fingerprint density at radius 3 is 2.67 bits per heavy atom. The number of hydrogen-bond donors (Lipinski definition) is 1. The number of esters is 1. The van der Waals surface area contributed by atoms with Gasteiger partial charge in [0.1, 0.15) is 0 Å². The summed E-state index contributed by atoms with van der Waals surface area (Å²) in [5.74, 6) is -0.419. The number of benzene rings is 1. The minimum absolute atomic E-state index is 0.00822. The molecular weight excluding hydrogens is 234 g/mol. The Labute approximate surface area is 105 Å². The second kappa shape index (κ2) is 5.18. The van der Waals surface area contributed by atoms with Crippen LogP contribution >= 0.6 is 0 Å². The van der Waals surface area contributed by atoms with E-state index in [1.54, 1.807) is 24.3 Å². The second-order valence-corrected chi connectivity index (χ2v) is 4.24. The van der Waals surface area contributed by atoms with Crippen LogP contribution in [0.1, 0.15) is 23.2 Å². The minimum Gasteiger partial charge on any atom is -0.465 e. The van der Waals surface area contributed by atoms with E-state index in [0.29, 0.717) is 30.6 Å². The molecule has 0 aromatic heterocycles. The smallest absolute Gasteiger partial charge is 0.337 e. The van der Waals surface area contributed by atoms with Crippen LogP contribution in [-0.4, -0.2) is 36.7 Å². The molecule has 5 heteroatoms. The first-order chi connectivity index (χ1) is 8.61. The van der Waals surface area contributed by atoms with Crippen molar-refractivity contribution in [2.45, 2.75) is 18.9 Å². The molecular formula is C13H15NO4. The van der Waals surface area contributed by atoms with Crippen LogP contribution in [0.2, 0.25) is 0 Å². The average Bonchev–Trinajstić information content (AvgIpc) is 2.41. The average molecular weight is 249 g/mol. The molecule has 18 heavy (non-hydrogen) atoms. The number of aliphatic hydroxyl groups is 1. The fourth-order valence-corrected chi connectivity index (χ4v) is 1.97. The highest BCUT2D eigenvalue weighted by molar-refractivity contribution is 5.95. The number of rotatable bonds is 2. The number of carbonyl (C=O) groups excluding carboxylic acids is 2. The SMILES string of the molecule is COC(=O)c1ccc(N2CC(O)CCC2=O)cc1. The monoisotopic (exact) mass is 249 g/mol. The largest absolute Gasteiger partial charge is 0.465 e. The van der Waals surface area contributed by atoms with Crippen LogP contribution in [0.5, 0.6) is 0 Å². The molecule has 2 rings (SSSR count). The van der Waals surface area contributed by atoms with Crippen LogP contribution in [0, 0.1) is 0 Å². The molecule has 0 aliphatic carbocycles. The predicted molar refractivity (Wildman–Crippen MR) is 65.4 cm³/mol. The number of aliphatic hydroxyl groups excluding tert-OH is 1. The molecule has 1 aromatic carbocycles. The first-order valence-electron chi connectivity index (χ1n) is 5.78. The fourth-order valence-electron chi connectivity index (χ4n) is 1.97. The number of anilines is 1. The molecule has 1 fully saturated rings. The number of carbonyl (C=O) groups is 2. The van der Waals surface area contributed by atoms with Crippen LogP contribution in [0.3, 0.4) is 0 Å². The van der Waals surface area contributed by atoms with Crippen molar-refractivity contribution >= 4 is 17.6 Å². The number of nitrogens with zero attached hydrogens (tertiary/aromatic N) is 1. The zero-order chi connectivity index (χ0) is 13.1. The van der Waals surface area contributed by atoms with Crippen molar-refractivity contribution in [2.24, 2.45) is 0 Å². The quantitative estimate of drug-likeness (QED) is 0.793. The third kappa shape index (κ3) is 2.51. The van der Waals surface area contributed by atoms with Crippen molar-refractivity contribution in [2.75, 3.05) is 18.6 Å². The summed E-state index contributed by atoms with van der Waals surface area (Å²) >= 11 is 0. The second-order valence-electron chi connectivity index (χ2n) is 4.24. The Kier molecular flexibility index (Phi) is 3.62. The topological polar surface area (TPSA) is 66.8 Å². The maximum atomic E-state index is 11.7. The number of piperidine rings is 1. The Morgan fingerprint density at radius 1 is 1.39 bits per heavy atom. The van der Waals surface area contributed by atoms with Crippen LogP contribution in [-0.2, 0) is 9.53 Å². The molecule has 1 aliphatic heterocycles. The summed E-state index contributed by atoms with van der Waals surface area (Å²) in [5.41, 5.74) is 1.12. The first kappa shape index (κ1) is 12.6. The summed E-state index contributed by atoms with van der Waals surface area (Å²) in [6.45, 7) is 0.302. The van der Waals surface area contributed by atoms with Crippen LogP contribution in [0.15, 0.2) is 24.3 Å². The molecule has 1 amide bonds. The lowest BCUT2D eigenvalue weighted by Gasteiger charge is -2.30. The maximum Gasteiger partial charge on any atom is 0.337 e. The predicted octanol–water partition coefficient (Wildman–Crippen LogP) is 0.961. The molecule has 1 aliphatic rings. The number of hydrogen-bond acceptors (Lipinski definition) is 4. The van der Waals surface area contributed by atoms with E-state index in [2.05, 4.69) is 4.74 Å². The Morgan fingerprint density at radius 2 is 2.06 bits per heavy atom. The molecule has 1 unspecified atom stereocenters. The van der Waals surface area contributed by atoms with Crippen molar-refractivity contribution in [1.82, 2.24) is 0 Å². The number of ether oxygens (including phenoxy) is 1. The lowest BCUT2D eigenvalue weighted by atomic mass is 10.1. The molecule has 1 N–H and O–H groups in total. The summed E-state index contributed by atoms with van der Waals surface area (Å²) in [5, 5.41) is 9.57. The van der Waals surface area contributed by atoms with Crippen molar-refractivity contribution in [3.63, 3.8) is 0 Å². The van der Waals surface area contributed by atoms with E-state index in [-0.39, 0.29) is 5.91 Å². The molecule has 0 radical (unpaired) electrons. The van der Waals surface area contributed by atoms with Gasteiger partial charge in [-0.2, -0.15) is 0 Å². The maximum absolute atomic E-state index is 11.7. The van der Waals surface area contributed by atoms with Gasteiger partial charge in [0.2, 0.25) is 5.91 Å². The molecule has 1 saturated heterocycles. The van der Waals surface area contributed by atoms with Gasteiger partial charge in [-0.1, -0.05) is 0 Å². The van der Waals surface area contributed by atoms with Crippen LogP contribution < -0.4 is 4.90 Å². The van der Waals surface area contributed by atoms with Gasteiger partial charge in [0.05, 0.1) is 25.3 Å². The molecule has 5 nitrogen and oxygen atoms in total. The van der Waals surface area contributed by atoms with Gasteiger partial charge < -0.3 is 14.7 Å². The standard InChI is InChI=1S/C13H15NO4/c1-18-13(17)9-2-4-10(5-3-9)14-8-11(15)6-7-12(14)16/h2-5,11,15H,6-8H2,1H3. The number of amides is 1. The normalized spacial score (nSPS) is 19.8. The molecule has 1 aromatic rings. The fraction of sp³-hybridized carbons (Fsp3) is 0.385. The van der Waals surface area contributed by atoms with E-state index < -0.39 is 12.1 Å². The van der Waals surface area contributed by atoms with Gasteiger partial charge >= 0.3 is 5.97 Å². The summed E-state index contributed by atoms with van der Waals surface area (Å²) in [6, 6.07) is 6.58. The van der Waals surface area contributed by atoms with Gasteiger partial charge in [-0.25, -0.2) is 4.79 Å². The first-order valence-corrected chi connectivity index (χ1v) is 5.78. The summed E-state index contributed by atoms with van der Waals surface area (Å²) in [4.78, 5) is 24.6. The molecule has 96 valence electrons. The Hall–Kier alpha value is -1.88. The Bertz CT molecular complexity index is 455. The molecule has 0 spiro atoms. The molecule has 1 heterocycles. The lowest BCUT2D eigenvalue weighted by Crippen LogP contribution is -2.42.